The summed E-state index contributed by atoms with van der Waals surface area (Å²) in [5.74, 6) is 0.168. The Labute approximate surface area is 67.4 Å². The lowest BCUT2D eigenvalue weighted by Crippen LogP contribution is -2.44. The van der Waals surface area contributed by atoms with Crippen molar-refractivity contribution in [3.63, 3.8) is 0 Å². The second-order valence-corrected chi connectivity index (χ2v) is 3.06. The van der Waals surface area contributed by atoms with Gasteiger partial charge in [0.1, 0.15) is 0 Å². The fraction of sp³-hybridized carbons (Fsp3) is 0.750. The van der Waals surface area contributed by atoms with Gasteiger partial charge in [0.2, 0.25) is 0 Å². The molecular formula is C8H13N3. The average Bonchev–Trinajstić information content (AvgIpc) is 1.88. The first-order valence-corrected chi connectivity index (χ1v) is 3.59. The van der Waals surface area contributed by atoms with E-state index in [0.29, 0.717) is 0 Å². The van der Waals surface area contributed by atoms with Crippen molar-refractivity contribution in [2.75, 3.05) is 0 Å². The monoisotopic (exact) mass is 151 g/mol. The van der Waals surface area contributed by atoms with Gasteiger partial charge in [0.05, 0.1) is 25.0 Å². The standard InChI is InChI=1S/C8H13N3/c1-7(2)8(11,3-5-9)4-6-10/h7H,3-4,11H2,1-2H3. The fourth-order valence-corrected chi connectivity index (χ4v) is 0.765. The van der Waals surface area contributed by atoms with Crippen molar-refractivity contribution in [1.29, 1.82) is 10.5 Å². The molecule has 0 aliphatic carbocycles. The van der Waals surface area contributed by atoms with Gasteiger partial charge in [-0.05, 0) is 5.92 Å². The summed E-state index contributed by atoms with van der Waals surface area (Å²) in [5, 5.41) is 16.9. The van der Waals surface area contributed by atoms with Crippen LogP contribution in [0.5, 0.6) is 0 Å². The minimum atomic E-state index is -0.622. The summed E-state index contributed by atoms with van der Waals surface area (Å²) in [4.78, 5) is 0. The molecule has 0 saturated heterocycles. The summed E-state index contributed by atoms with van der Waals surface area (Å²) in [6.07, 6.45) is 0.496. The Hall–Kier alpha value is -1.06. The van der Waals surface area contributed by atoms with E-state index in [9.17, 15) is 0 Å². The lowest BCUT2D eigenvalue weighted by Gasteiger charge is -2.28. The van der Waals surface area contributed by atoms with E-state index in [1.807, 2.05) is 26.0 Å². The first-order valence-electron chi connectivity index (χ1n) is 3.59. The summed E-state index contributed by atoms with van der Waals surface area (Å²) < 4.78 is 0. The first kappa shape index (κ1) is 9.94. The molecule has 0 amide bonds. The third-order valence-corrected chi connectivity index (χ3v) is 1.97. The van der Waals surface area contributed by atoms with Crippen molar-refractivity contribution in [3.8, 4) is 12.1 Å². The molecule has 0 fully saturated rings. The van der Waals surface area contributed by atoms with Crippen LogP contribution in [0.15, 0.2) is 0 Å². The van der Waals surface area contributed by atoms with Crippen molar-refractivity contribution in [3.05, 3.63) is 0 Å². The molecule has 0 radical (unpaired) electrons. The van der Waals surface area contributed by atoms with Crippen molar-refractivity contribution >= 4 is 0 Å². The maximum atomic E-state index is 8.44. The molecule has 0 bridgehead atoms. The first-order chi connectivity index (χ1) is 5.06. The van der Waals surface area contributed by atoms with Gasteiger partial charge in [0, 0.05) is 5.54 Å². The maximum absolute atomic E-state index is 8.44. The number of nitriles is 2. The van der Waals surface area contributed by atoms with E-state index in [2.05, 4.69) is 0 Å². The van der Waals surface area contributed by atoms with Gasteiger partial charge in [0.15, 0.2) is 0 Å². The normalized spacial score (nSPS) is 10.7. The predicted molar refractivity (Wildman–Crippen MR) is 42.2 cm³/mol. The molecule has 60 valence electrons. The molecule has 0 aromatic rings. The number of hydrogen-bond donors (Lipinski definition) is 1. The molecular weight excluding hydrogens is 138 g/mol. The minimum Gasteiger partial charge on any atom is -0.323 e. The van der Waals surface area contributed by atoms with Crippen LogP contribution in [-0.4, -0.2) is 5.54 Å². The Bertz CT molecular complexity index is 178. The van der Waals surface area contributed by atoms with Crippen molar-refractivity contribution in [1.82, 2.24) is 0 Å². The highest BCUT2D eigenvalue weighted by molar-refractivity contribution is 5.00. The molecule has 2 N–H and O–H groups in total. The van der Waals surface area contributed by atoms with Gasteiger partial charge >= 0.3 is 0 Å². The van der Waals surface area contributed by atoms with E-state index < -0.39 is 5.54 Å². The van der Waals surface area contributed by atoms with E-state index in [-0.39, 0.29) is 18.8 Å². The van der Waals surface area contributed by atoms with Crippen LogP contribution in [0, 0.1) is 28.6 Å². The quantitative estimate of drug-likeness (QED) is 0.657. The Kier molecular flexibility index (Phi) is 3.57. The Morgan fingerprint density at radius 2 is 1.64 bits per heavy atom. The SMILES string of the molecule is CC(C)C(N)(CC#N)CC#N. The van der Waals surface area contributed by atoms with Gasteiger partial charge in [-0.3, -0.25) is 0 Å². The summed E-state index contributed by atoms with van der Waals surface area (Å²) in [5.41, 5.74) is 5.20. The minimum absolute atomic E-state index is 0.168. The van der Waals surface area contributed by atoms with E-state index >= 15 is 0 Å². The third kappa shape index (κ3) is 2.57. The zero-order chi connectivity index (χ0) is 8.91. The van der Waals surface area contributed by atoms with Crippen molar-refractivity contribution in [2.24, 2.45) is 11.7 Å². The van der Waals surface area contributed by atoms with E-state index in [1.165, 1.54) is 0 Å². The summed E-state index contributed by atoms with van der Waals surface area (Å²) >= 11 is 0. The highest BCUT2D eigenvalue weighted by atomic mass is 14.7. The molecule has 0 heterocycles. The average molecular weight is 151 g/mol. The Morgan fingerprint density at radius 1 is 1.27 bits per heavy atom. The maximum Gasteiger partial charge on any atom is 0.0641 e. The molecule has 0 saturated carbocycles. The van der Waals surface area contributed by atoms with Crippen molar-refractivity contribution < 1.29 is 0 Å². The summed E-state index contributed by atoms with van der Waals surface area (Å²) in [6, 6.07) is 4.00. The zero-order valence-corrected chi connectivity index (χ0v) is 6.96. The second-order valence-electron chi connectivity index (χ2n) is 3.06. The summed E-state index contributed by atoms with van der Waals surface area (Å²) in [6.45, 7) is 3.85. The van der Waals surface area contributed by atoms with Crippen LogP contribution in [0.2, 0.25) is 0 Å². The van der Waals surface area contributed by atoms with Crippen LogP contribution in [0.1, 0.15) is 26.7 Å². The number of nitrogens with zero attached hydrogens (tertiary/aromatic N) is 2. The molecule has 3 nitrogen and oxygen atoms in total. The van der Waals surface area contributed by atoms with Crippen LogP contribution in [-0.2, 0) is 0 Å². The van der Waals surface area contributed by atoms with Crippen LogP contribution in [0.3, 0.4) is 0 Å². The molecule has 0 aliphatic heterocycles. The van der Waals surface area contributed by atoms with E-state index in [0.717, 1.165) is 0 Å². The van der Waals surface area contributed by atoms with Gasteiger partial charge in [-0.25, -0.2) is 0 Å². The van der Waals surface area contributed by atoms with E-state index in [4.69, 9.17) is 16.3 Å². The lowest BCUT2D eigenvalue weighted by molar-refractivity contribution is 0.321. The topological polar surface area (TPSA) is 73.6 Å². The number of rotatable bonds is 3. The highest BCUT2D eigenvalue weighted by Gasteiger charge is 2.28. The van der Waals surface area contributed by atoms with Gasteiger partial charge in [-0.1, -0.05) is 13.8 Å². The lowest BCUT2D eigenvalue weighted by atomic mass is 9.82. The van der Waals surface area contributed by atoms with Crippen LogP contribution in [0.25, 0.3) is 0 Å². The highest BCUT2D eigenvalue weighted by Crippen LogP contribution is 2.20. The summed E-state index contributed by atoms with van der Waals surface area (Å²) in [7, 11) is 0. The smallest absolute Gasteiger partial charge is 0.0641 e. The molecule has 0 unspecified atom stereocenters. The third-order valence-electron chi connectivity index (χ3n) is 1.97. The van der Waals surface area contributed by atoms with Gasteiger partial charge in [0.25, 0.3) is 0 Å². The van der Waals surface area contributed by atoms with Gasteiger partial charge < -0.3 is 5.73 Å². The second kappa shape index (κ2) is 3.95. The number of hydrogen-bond acceptors (Lipinski definition) is 3. The molecule has 11 heavy (non-hydrogen) atoms. The number of nitrogens with two attached hydrogens (primary N) is 1. The van der Waals surface area contributed by atoms with E-state index in [1.54, 1.807) is 0 Å². The van der Waals surface area contributed by atoms with Crippen LogP contribution < -0.4 is 5.73 Å². The predicted octanol–water partition coefficient (Wildman–Crippen LogP) is 1.17. The molecule has 0 spiro atoms. The van der Waals surface area contributed by atoms with Gasteiger partial charge in [-0.2, -0.15) is 10.5 Å². The molecule has 0 aromatic heterocycles. The molecule has 0 atom stereocenters. The molecule has 0 aliphatic rings. The molecule has 3 heteroatoms. The van der Waals surface area contributed by atoms with Gasteiger partial charge in [-0.15, -0.1) is 0 Å². The zero-order valence-electron chi connectivity index (χ0n) is 6.96. The molecule has 0 rings (SSSR count). The molecule has 0 aromatic carbocycles. The van der Waals surface area contributed by atoms with Crippen LogP contribution in [0.4, 0.5) is 0 Å². The Morgan fingerprint density at radius 3 is 1.82 bits per heavy atom. The van der Waals surface area contributed by atoms with Crippen LogP contribution >= 0.6 is 0 Å². The largest absolute Gasteiger partial charge is 0.323 e. The fourth-order valence-electron chi connectivity index (χ4n) is 0.765. The Balaban J connectivity index is 4.30. The van der Waals surface area contributed by atoms with Crippen molar-refractivity contribution in [2.45, 2.75) is 32.2 Å².